The number of carbonyl (C=O) groups excluding carboxylic acids is 2. The molecule has 0 aliphatic carbocycles. The monoisotopic (exact) mass is 454 g/mol. The molecule has 0 spiro atoms. The van der Waals surface area contributed by atoms with Crippen molar-refractivity contribution < 1.29 is 19.1 Å². The van der Waals surface area contributed by atoms with Crippen LogP contribution in [0.25, 0.3) is 5.57 Å². The van der Waals surface area contributed by atoms with E-state index in [1.54, 1.807) is 43.5 Å². The molecule has 2 aromatic carbocycles. The maximum Gasteiger partial charge on any atom is 0.282 e. The molecule has 31 heavy (non-hydrogen) atoms. The zero-order valence-corrected chi connectivity index (χ0v) is 18.6. The summed E-state index contributed by atoms with van der Waals surface area (Å²) in [4.78, 5) is 28.8. The number of rotatable bonds is 6. The van der Waals surface area contributed by atoms with Crippen molar-refractivity contribution in [2.75, 3.05) is 24.4 Å². The first-order valence-corrected chi connectivity index (χ1v) is 10.6. The third-order valence-electron chi connectivity index (χ3n) is 4.92. The average molecular weight is 455 g/mol. The number of hydrogen-bond acceptors (Lipinski definition) is 6. The van der Waals surface area contributed by atoms with Gasteiger partial charge in [0.2, 0.25) is 0 Å². The largest absolute Gasteiger partial charge is 0.493 e. The summed E-state index contributed by atoms with van der Waals surface area (Å²) in [6, 6.07) is 14.0. The molecule has 0 atom stereocenters. The predicted molar refractivity (Wildman–Crippen MR) is 123 cm³/mol. The van der Waals surface area contributed by atoms with Crippen LogP contribution in [0.3, 0.4) is 0 Å². The van der Waals surface area contributed by atoms with Gasteiger partial charge < -0.3 is 14.8 Å². The van der Waals surface area contributed by atoms with Crippen LogP contribution in [0.1, 0.15) is 10.4 Å². The number of ether oxygens (including phenoxy) is 2. The SMILES string of the molecule is COc1ccc(NC2=C(c3cccs3)C(=O)N(c3cc(Cl)ccc3C)C2=O)cc1OC. The van der Waals surface area contributed by atoms with Gasteiger partial charge in [0.05, 0.1) is 25.5 Å². The number of halogens is 1. The summed E-state index contributed by atoms with van der Waals surface area (Å²) in [5.74, 6) is 0.213. The Bertz CT molecular complexity index is 1200. The molecule has 0 fully saturated rings. The lowest BCUT2D eigenvalue weighted by molar-refractivity contribution is -0.120. The summed E-state index contributed by atoms with van der Waals surface area (Å²) < 4.78 is 10.6. The van der Waals surface area contributed by atoms with Crippen LogP contribution in [0.5, 0.6) is 11.5 Å². The minimum absolute atomic E-state index is 0.194. The number of imide groups is 1. The van der Waals surface area contributed by atoms with Gasteiger partial charge in [0, 0.05) is 21.7 Å². The Balaban J connectivity index is 1.80. The highest BCUT2D eigenvalue weighted by Gasteiger charge is 2.41. The molecule has 1 aliphatic rings. The third-order valence-corrected chi connectivity index (χ3v) is 6.04. The molecule has 2 heterocycles. The van der Waals surface area contributed by atoms with E-state index in [4.69, 9.17) is 21.1 Å². The van der Waals surface area contributed by atoms with Crippen molar-refractivity contribution in [2.24, 2.45) is 0 Å². The van der Waals surface area contributed by atoms with Gasteiger partial charge in [-0.05, 0) is 48.2 Å². The predicted octanol–water partition coefficient (Wildman–Crippen LogP) is 5.12. The number of hydrogen-bond donors (Lipinski definition) is 1. The van der Waals surface area contributed by atoms with Gasteiger partial charge >= 0.3 is 0 Å². The quantitative estimate of drug-likeness (QED) is 0.523. The smallest absolute Gasteiger partial charge is 0.282 e. The topological polar surface area (TPSA) is 67.9 Å². The van der Waals surface area contributed by atoms with Crippen molar-refractivity contribution >= 4 is 51.7 Å². The molecule has 0 unspecified atom stereocenters. The molecule has 1 aromatic heterocycles. The molecule has 0 saturated heterocycles. The number of thiophene rings is 1. The van der Waals surface area contributed by atoms with Crippen molar-refractivity contribution in [3.63, 3.8) is 0 Å². The van der Waals surface area contributed by atoms with Crippen LogP contribution >= 0.6 is 22.9 Å². The standard InChI is InChI=1S/C23H19ClN2O4S/c1-13-6-7-14(24)11-16(13)26-22(27)20(19-5-4-10-31-19)21(23(26)28)25-15-8-9-17(29-2)18(12-15)30-3/h4-12,25H,1-3H3. The number of anilines is 2. The Hall–Kier alpha value is -3.29. The summed E-state index contributed by atoms with van der Waals surface area (Å²) in [5.41, 5.74) is 2.32. The molecule has 0 saturated carbocycles. The molecule has 4 rings (SSSR count). The van der Waals surface area contributed by atoms with E-state index in [9.17, 15) is 9.59 Å². The molecule has 3 aromatic rings. The number of methoxy groups -OCH3 is 2. The van der Waals surface area contributed by atoms with E-state index in [2.05, 4.69) is 5.32 Å². The number of carbonyl (C=O) groups is 2. The zero-order valence-electron chi connectivity index (χ0n) is 17.1. The minimum Gasteiger partial charge on any atom is -0.493 e. The maximum atomic E-state index is 13.5. The Kier molecular flexibility index (Phi) is 5.71. The van der Waals surface area contributed by atoms with Crippen LogP contribution in [0, 0.1) is 6.92 Å². The van der Waals surface area contributed by atoms with Gasteiger partial charge in [-0.3, -0.25) is 9.59 Å². The normalized spacial score (nSPS) is 13.7. The highest BCUT2D eigenvalue weighted by Crippen LogP contribution is 2.38. The summed E-state index contributed by atoms with van der Waals surface area (Å²) in [5, 5.41) is 5.43. The molecule has 2 amide bonds. The lowest BCUT2D eigenvalue weighted by Gasteiger charge is -2.18. The van der Waals surface area contributed by atoms with Crippen molar-refractivity contribution in [3.05, 3.63) is 75.1 Å². The molecule has 1 N–H and O–H groups in total. The minimum atomic E-state index is -0.450. The van der Waals surface area contributed by atoms with Crippen LogP contribution in [-0.4, -0.2) is 26.0 Å². The summed E-state index contributed by atoms with van der Waals surface area (Å²) in [7, 11) is 3.08. The fourth-order valence-corrected chi connectivity index (χ4v) is 4.33. The van der Waals surface area contributed by atoms with Crippen molar-refractivity contribution in [3.8, 4) is 11.5 Å². The second kappa shape index (κ2) is 8.45. The Morgan fingerprint density at radius 3 is 2.42 bits per heavy atom. The number of nitrogens with zero attached hydrogens (tertiary/aromatic N) is 1. The van der Waals surface area contributed by atoms with E-state index >= 15 is 0 Å². The lowest BCUT2D eigenvalue weighted by atomic mass is 10.1. The second-order valence-corrected chi connectivity index (χ2v) is 8.18. The number of benzene rings is 2. The number of nitrogens with one attached hydrogen (secondary N) is 1. The first-order chi connectivity index (χ1) is 14.9. The van der Waals surface area contributed by atoms with E-state index in [0.717, 1.165) is 5.56 Å². The summed E-state index contributed by atoms with van der Waals surface area (Å²) in [6.45, 7) is 1.83. The first-order valence-electron chi connectivity index (χ1n) is 9.36. The fourth-order valence-electron chi connectivity index (χ4n) is 3.40. The molecular formula is C23H19ClN2O4S. The van der Waals surface area contributed by atoms with Crippen molar-refractivity contribution in [1.82, 2.24) is 0 Å². The number of amides is 2. The second-order valence-electron chi connectivity index (χ2n) is 6.80. The van der Waals surface area contributed by atoms with E-state index in [1.807, 2.05) is 24.4 Å². The first kappa shape index (κ1) is 21.0. The van der Waals surface area contributed by atoms with Crippen molar-refractivity contribution in [2.45, 2.75) is 6.92 Å². The summed E-state index contributed by atoms with van der Waals surface area (Å²) >= 11 is 7.54. The van der Waals surface area contributed by atoms with E-state index in [-0.39, 0.29) is 5.70 Å². The average Bonchev–Trinajstić information content (AvgIpc) is 3.37. The zero-order chi connectivity index (χ0) is 22.1. The van der Waals surface area contributed by atoms with Gasteiger partial charge in [0.1, 0.15) is 5.70 Å². The molecule has 158 valence electrons. The third kappa shape index (κ3) is 3.78. The molecule has 1 aliphatic heterocycles. The lowest BCUT2D eigenvalue weighted by Crippen LogP contribution is -2.33. The Morgan fingerprint density at radius 1 is 0.968 bits per heavy atom. The van der Waals surface area contributed by atoms with Crippen LogP contribution in [-0.2, 0) is 9.59 Å². The van der Waals surface area contributed by atoms with Gasteiger partial charge in [-0.15, -0.1) is 11.3 Å². The van der Waals surface area contributed by atoms with Crippen LogP contribution in [0.4, 0.5) is 11.4 Å². The van der Waals surface area contributed by atoms with E-state index in [1.165, 1.54) is 23.3 Å². The molecule has 6 nitrogen and oxygen atoms in total. The fraction of sp³-hybridized carbons (Fsp3) is 0.130. The van der Waals surface area contributed by atoms with Crippen molar-refractivity contribution in [1.29, 1.82) is 0 Å². The van der Waals surface area contributed by atoms with Gasteiger partial charge in [-0.1, -0.05) is 23.7 Å². The van der Waals surface area contributed by atoms with Crippen LogP contribution < -0.4 is 19.7 Å². The Labute approximate surface area is 188 Å². The van der Waals surface area contributed by atoms with Gasteiger partial charge in [-0.2, -0.15) is 0 Å². The molecule has 0 radical (unpaired) electrons. The molecule has 0 bridgehead atoms. The molecule has 8 heteroatoms. The van der Waals surface area contributed by atoms with Crippen LogP contribution in [0.2, 0.25) is 5.02 Å². The molecular weight excluding hydrogens is 436 g/mol. The number of aryl methyl sites for hydroxylation is 1. The highest BCUT2D eigenvalue weighted by atomic mass is 35.5. The maximum absolute atomic E-state index is 13.5. The Morgan fingerprint density at radius 2 is 1.74 bits per heavy atom. The van der Waals surface area contributed by atoms with Gasteiger partial charge in [0.25, 0.3) is 11.8 Å². The van der Waals surface area contributed by atoms with Crippen LogP contribution in [0.15, 0.2) is 59.6 Å². The van der Waals surface area contributed by atoms with Gasteiger partial charge in [-0.25, -0.2) is 4.90 Å². The van der Waals surface area contributed by atoms with E-state index in [0.29, 0.717) is 38.3 Å². The summed E-state index contributed by atoms with van der Waals surface area (Å²) in [6.07, 6.45) is 0. The van der Waals surface area contributed by atoms with Gasteiger partial charge in [0.15, 0.2) is 11.5 Å². The van der Waals surface area contributed by atoms with E-state index < -0.39 is 11.8 Å². The highest BCUT2D eigenvalue weighted by molar-refractivity contribution is 7.11.